The first-order valence-corrected chi connectivity index (χ1v) is 7.65. The number of aromatic nitrogens is 3. The van der Waals surface area contributed by atoms with Gasteiger partial charge in [-0.1, -0.05) is 11.3 Å². The molecule has 0 unspecified atom stereocenters. The monoisotopic (exact) mass is 318 g/mol. The molecule has 1 N–H and O–H groups in total. The highest BCUT2D eigenvalue weighted by Gasteiger charge is 2.20. The van der Waals surface area contributed by atoms with Crippen LogP contribution in [0.15, 0.2) is 18.2 Å². The zero-order valence-electron chi connectivity index (χ0n) is 13.2. The van der Waals surface area contributed by atoms with E-state index in [0.29, 0.717) is 23.5 Å². The molecule has 23 heavy (non-hydrogen) atoms. The number of nitrogens with zero attached hydrogens (tertiary/aromatic N) is 3. The van der Waals surface area contributed by atoms with E-state index in [1.807, 2.05) is 0 Å². The molecule has 0 bridgehead atoms. The van der Waals surface area contributed by atoms with Gasteiger partial charge in [0.05, 0.1) is 17.5 Å². The van der Waals surface area contributed by atoms with E-state index in [4.69, 9.17) is 4.74 Å². The Morgan fingerprint density at radius 1 is 1.48 bits per heavy atom. The Balaban J connectivity index is 1.75. The maximum atomic E-state index is 13.7. The topological polar surface area (TPSA) is 69.0 Å². The van der Waals surface area contributed by atoms with Gasteiger partial charge in [-0.3, -0.25) is 4.79 Å². The highest BCUT2D eigenvalue weighted by molar-refractivity contribution is 5.93. The molecular weight excluding hydrogens is 299 g/mol. The minimum Gasteiger partial charge on any atom is -0.376 e. The molecule has 0 spiro atoms. The molecule has 1 saturated heterocycles. The van der Waals surface area contributed by atoms with Crippen molar-refractivity contribution in [1.82, 2.24) is 20.3 Å². The van der Waals surface area contributed by atoms with Gasteiger partial charge >= 0.3 is 0 Å². The van der Waals surface area contributed by atoms with Crippen LogP contribution in [0.25, 0.3) is 5.69 Å². The number of nitrogens with one attached hydrogen (secondary N) is 1. The summed E-state index contributed by atoms with van der Waals surface area (Å²) in [6.45, 7) is 4.63. The van der Waals surface area contributed by atoms with Gasteiger partial charge in [-0.15, -0.1) is 5.10 Å². The number of halogens is 1. The number of benzene rings is 1. The summed E-state index contributed by atoms with van der Waals surface area (Å²) >= 11 is 0. The molecule has 2 heterocycles. The highest BCUT2D eigenvalue weighted by atomic mass is 19.1. The maximum Gasteiger partial charge on any atom is 0.273 e. The lowest BCUT2D eigenvalue weighted by Gasteiger charge is -2.10. The third kappa shape index (κ3) is 3.24. The summed E-state index contributed by atoms with van der Waals surface area (Å²) in [5.74, 6) is -0.612. The van der Waals surface area contributed by atoms with Crippen molar-refractivity contribution >= 4 is 5.91 Å². The van der Waals surface area contributed by atoms with Crippen molar-refractivity contribution in [1.29, 1.82) is 0 Å². The van der Waals surface area contributed by atoms with Crippen LogP contribution in [0.5, 0.6) is 0 Å². The van der Waals surface area contributed by atoms with E-state index >= 15 is 0 Å². The lowest BCUT2D eigenvalue weighted by molar-refractivity contribution is 0.0853. The third-order valence-electron chi connectivity index (χ3n) is 4.02. The predicted octanol–water partition coefficient (Wildman–Crippen LogP) is 1.93. The van der Waals surface area contributed by atoms with Gasteiger partial charge in [-0.25, -0.2) is 9.07 Å². The van der Waals surface area contributed by atoms with Crippen molar-refractivity contribution in [2.24, 2.45) is 0 Å². The largest absolute Gasteiger partial charge is 0.376 e. The fourth-order valence-corrected chi connectivity index (χ4v) is 2.59. The maximum absolute atomic E-state index is 13.7. The molecule has 0 radical (unpaired) electrons. The van der Waals surface area contributed by atoms with Gasteiger partial charge in [0.25, 0.3) is 5.91 Å². The minimum atomic E-state index is -0.318. The normalized spacial score (nSPS) is 17.4. The fraction of sp³-hybridized carbons (Fsp3) is 0.438. The number of amides is 1. The van der Waals surface area contributed by atoms with Crippen LogP contribution in [0, 0.1) is 19.7 Å². The number of ether oxygens (including phenoxy) is 1. The summed E-state index contributed by atoms with van der Waals surface area (Å²) in [7, 11) is 0. The van der Waals surface area contributed by atoms with Crippen LogP contribution in [-0.2, 0) is 4.74 Å². The number of carbonyl (C=O) groups is 1. The smallest absolute Gasteiger partial charge is 0.273 e. The summed E-state index contributed by atoms with van der Waals surface area (Å²) in [6, 6.07) is 4.79. The van der Waals surface area contributed by atoms with E-state index in [-0.39, 0.29) is 23.5 Å². The Morgan fingerprint density at radius 3 is 3.00 bits per heavy atom. The molecular formula is C16H19FN4O2. The molecule has 0 saturated carbocycles. The van der Waals surface area contributed by atoms with Gasteiger partial charge in [-0.2, -0.15) is 0 Å². The van der Waals surface area contributed by atoms with Crippen molar-refractivity contribution < 1.29 is 13.9 Å². The molecule has 6 nitrogen and oxygen atoms in total. The summed E-state index contributed by atoms with van der Waals surface area (Å²) in [4.78, 5) is 12.2. The SMILES string of the molecule is Cc1ccc(-n2nnc(C(=O)NC[C@@H]3CCCO3)c2C)cc1F. The number of carbonyl (C=O) groups excluding carboxylic acids is 1. The van der Waals surface area contributed by atoms with Crippen molar-refractivity contribution in [3.63, 3.8) is 0 Å². The van der Waals surface area contributed by atoms with Crippen LogP contribution < -0.4 is 5.32 Å². The van der Waals surface area contributed by atoms with Gasteiger partial charge in [0.15, 0.2) is 5.69 Å². The van der Waals surface area contributed by atoms with E-state index in [1.54, 1.807) is 26.0 Å². The Morgan fingerprint density at radius 2 is 2.30 bits per heavy atom. The molecule has 3 rings (SSSR count). The molecule has 1 fully saturated rings. The standard InChI is InChI=1S/C16H19FN4O2/c1-10-5-6-12(8-14(10)17)21-11(2)15(19-20-21)16(22)18-9-13-4-3-7-23-13/h5-6,8,13H,3-4,7,9H2,1-2H3,(H,18,22)/t13-/m0/s1. The van der Waals surface area contributed by atoms with E-state index in [0.717, 1.165) is 19.4 Å². The molecule has 1 atom stereocenters. The average Bonchev–Trinajstić information content (AvgIpc) is 3.17. The third-order valence-corrected chi connectivity index (χ3v) is 4.02. The second kappa shape index (κ2) is 6.45. The quantitative estimate of drug-likeness (QED) is 0.935. The predicted molar refractivity (Wildman–Crippen MR) is 82.1 cm³/mol. The van der Waals surface area contributed by atoms with Crippen LogP contribution in [-0.4, -0.2) is 40.2 Å². The van der Waals surface area contributed by atoms with E-state index in [2.05, 4.69) is 15.6 Å². The van der Waals surface area contributed by atoms with Crippen molar-refractivity contribution in [3.05, 3.63) is 41.0 Å². The highest BCUT2D eigenvalue weighted by Crippen LogP contribution is 2.16. The zero-order chi connectivity index (χ0) is 16.4. The molecule has 2 aromatic rings. The Kier molecular flexibility index (Phi) is 4.38. The molecule has 1 aromatic carbocycles. The number of hydrogen-bond acceptors (Lipinski definition) is 4. The van der Waals surface area contributed by atoms with Crippen LogP contribution in [0.1, 0.15) is 34.6 Å². The van der Waals surface area contributed by atoms with Gasteiger partial charge < -0.3 is 10.1 Å². The Bertz CT molecular complexity index is 723. The molecule has 7 heteroatoms. The van der Waals surface area contributed by atoms with Gasteiger partial charge in [0.1, 0.15) is 5.82 Å². The lowest BCUT2D eigenvalue weighted by atomic mass is 10.2. The van der Waals surface area contributed by atoms with Crippen LogP contribution in [0.4, 0.5) is 4.39 Å². The number of aryl methyl sites for hydroxylation is 1. The fourth-order valence-electron chi connectivity index (χ4n) is 2.59. The minimum absolute atomic E-state index is 0.0699. The average molecular weight is 318 g/mol. The number of rotatable bonds is 4. The van der Waals surface area contributed by atoms with Crippen molar-refractivity contribution in [2.75, 3.05) is 13.2 Å². The van der Waals surface area contributed by atoms with E-state index < -0.39 is 0 Å². The van der Waals surface area contributed by atoms with E-state index in [1.165, 1.54) is 10.7 Å². The second-order valence-electron chi connectivity index (χ2n) is 5.71. The Labute approximate surface area is 133 Å². The van der Waals surface area contributed by atoms with Gasteiger partial charge in [0, 0.05) is 13.2 Å². The van der Waals surface area contributed by atoms with Gasteiger partial charge in [0.2, 0.25) is 0 Å². The van der Waals surface area contributed by atoms with Crippen molar-refractivity contribution in [3.8, 4) is 5.69 Å². The molecule has 122 valence electrons. The van der Waals surface area contributed by atoms with Crippen LogP contribution in [0.2, 0.25) is 0 Å². The molecule has 0 aliphatic carbocycles. The summed E-state index contributed by atoms with van der Waals surface area (Å²) in [6.07, 6.45) is 2.05. The first kappa shape index (κ1) is 15.6. The van der Waals surface area contributed by atoms with Crippen LogP contribution >= 0.6 is 0 Å². The summed E-state index contributed by atoms with van der Waals surface area (Å²) in [5, 5.41) is 10.7. The molecule has 1 aliphatic heterocycles. The number of hydrogen-bond donors (Lipinski definition) is 1. The van der Waals surface area contributed by atoms with E-state index in [9.17, 15) is 9.18 Å². The summed E-state index contributed by atoms with van der Waals surface area (Å²) in [5.41, 5.74) is 1.90. The molecule has 1 amide bonds. The first-order valence-electron chi connectivity index (χ1n) is 7.65. The van der Waals surface area contributed by atoms with Gasteiger partial charge in [-0.05, 0) is 44.4 Å². The Hall–Kier alpha value is -2.28. The molecule has 1 aromatic heterocycles. The zero-order valence-corrected chi connectivity index (χ0v) is 13.2. The molecule has 1 aliphatic rings. The first-order chi connectivity index (χ1) is 11.1. The lowest BCUT2D eigenvalue weighted by Crippen LogP contribution is -2.32. The van der Waals surface area contributed by atoms with Crippen molar-refractivity contribution in [2.45, 2.75) is 32.8 Å². The summed E-state index contributed by atoms with van der Waals surface area (Å²) < 4.78 is 20.6. The van der Waals surface area contributed by atoms with Crippen LogP contribution in [0.3, 0.4) is 0 Å². The second-order valence-corrected chi connectivity index (χ2v) is 5.71.